The molecule has 0 aliphatic heterocycles. The molecule has 2 aromatic carbocycles. The zero-order valence-corrected chi connectivity index (χ0v) is 13.8. The maximum absolute atomic E-state index is 12.4. The molecule has 4 heteroatoms. The van der Waals surface area contributed by atoms with Crippen LogP contribution in [0.2, 0.25) is 0 Å². The van der Waals surface area contributed by atoms with Crippen LogP contribution in [0.3, 0.4) is 0 Å². The molecule has 0 unspecified atom stereocenters. The number of fused-ring (bicyclic) bond motifs is 1. The Bertz CT molecular complexity index is 895. The average Bonchev–Trinajstić information content (AvgIpc) is 2.58. The van der Waals surface area contributed by atoms with Crippen LogP contribution < -0.4 is 10.9 Å². The molecular formula is C19H21N3O. The molecule has 118 valence electrons. The van der Waals surface area contributed by atoms with Gasteiger partial charge in [0.15, 0.2) is 0 Å². The summed E-state index contributed by atoms with van der Waals surface area (Å²) in [6.45, 7) is 2.81. The zero-order chi connectivity index (χ0) is 16.4. The third-order valence-corrected chi connectivity index (χ3v) is 4.25. The van der Waals surface area contributed by atoms with Gasteiger partial charge >= 0.3 is 0 Å². The molecule has 0 amide bonds. The van der Waals surface area contributed by atoms with E-state index in [0.717, 1.165) is 35.4 Å². The van der Waals surface area contributed by atoms with Crippen LogP contribution in [0.25, 0.3) is 22.0 Å². The molecule has 0 saturated heterocycles. The van der Waals surface area contributed by atoms with Crippen molar-refractivity contribution in [1.29, 1.82) is 0 Å². The van der Waals surface area contributed by atoms with E-state index >= 15 is 0 Å². The highest BCUT2D eigenvalue weighted by molar-refractivity contribution is 5.83. The first-order chi connectivity index (χ1) is 11.1. The van der Waals surface area contributed by atoms with E-state index in [1.807, 2.05) is 32.2 Å². The van der Waals surface area contributed by atoms with Gasteiger partial charge in [-0.1, -0.05) is 30.3 Å². The predicted octanol–water partition coefficient (Wildman–Crippen LogP) is 2.67. The Morgan fingerprint density at radius 1 is 1.09 bits per heavy atom. The predicted molar refractivity (Wildman–Crippen MR) is 94.8 cm³/mol. The molecule has 3 aromatic rings. The minimum absolute atomic E-state index is 0.00000896. The molecule has 0 spiro atoms. The minimum Gasteiger partial charge on any atom is -0.319 e. The lowest BCUT2D eigenvalue weighted by molar-refractivity contribution is 0.792. The molecule has 23 heavy (non-hydrogen) atoms. The number of hydrogen-bond acceptors (Lipinski definition) is 3. The Hall–Kier alpha value is -2.46. The number of rotatable bonds is 4. The van der Waals surface area contributed by atoms with Gasteiger partial charge in [0.05, 0.1) is 10.9 Å². The van der Waals surface area contributed by atoms with E-state index in [2.05, 4.69) is 34.6 Å². The highest BCUT2D eigenvalue weighted by atomic mass is 16.1. The standard InChI is InChI=1S/C19H21N3O/c1-13-21-18-9-8-16(12-17(18)19(23)22(13)3)15-6-4-14(5-7-15)10-11-20-2/h4-9,12,20H,10-11H2,1-3H3. The maximum atomic E-state index is 12.4. The van der Waals surface area contributed by atoms with Crippen LogP contribution in [0.4, 0.5) is 0 Å². The molecule has 0 aliphatic carbocycles. The van der Waals surface area contributed by atoms with Crippen molar-refractivity contribution >= 4 is 10.9 Å². The van der Waals surface area contributed by atoms with E-state index in [4.69, 9.17) is 0 Å². The first kappa shape index (κ1) is 15.4. The van der Waals surface area contributed by atoms with E-state index in [1.54, 1.807) is 11.6 Å². The normalized spacial score (nSPS) is 11.1. The van der Waals surface area contributed by atoms with Crippen LogP contribution in [0.5, 0.6) is 0 Å². The summed E-state index contributed by atoms with van der Waals surface area (Å²) in [4.78, 5) is 16.9. The van der Waals surface area contributed by atoms with Crippen LogP contribution in [-0.4, -0.2) is 23.1 Å². The largest absolute Gasteiger partial charge is 0.319 e. The third-order valence-electron chi connectivity index (χ3n) is 4.25. The molecule has 0 bridgehead atoms. The maximum Gasteiger partial charge on any atom is 0.261 e. The topological polar surface area (TPSA) is 46.9 Å². The van der Waals surface area contributed by atoms with E-state index in [0.29, 0.717) is 5.39 Å². The van der Waals surface area contributed by atoms with E-state index in [9.17, 15) is 4.79 Å². The van der Waals surface area contributed by atoms with Crippen molar-refractivity contribution in [3.8, 4) is 11.1 Å². The Morgan fingerprint density at radius 2 is 1.78 bits per heavy atom. The number of aromatic nitrogens is 2. The Labute approximate surface area is 135 Å². The third kappa shape index (κ3) is 3.03. The monoisotopic (exact) mass is 307 g/mol. The lowest BCUT2D eigenvalue weighted by Gasteiger charge is -2.08. The van der Waals surface area contributed by atoms with Gasteiger partial charge in [-0.2, -0.15) is 0 Å². The molecule has 0 fully saturated rings. The number of hydrogen-bond donors (Lipinski definition) is 1. The first-order valence-corrected chi connectivity index (χ1v) is 7.81. The number of nitrogens with zero attached hydrogens (tertiary/aromatic N) is 2. The van der Waals surface area contributed by atoms with Crippen molar-refractivity contribution in [3.63, 3.8) is 0 Å². The number of benzene rings is 2. The highest BCUT2D eigenvalue weighted by Crippen LogP contribution is 2.23. The summed E-state index contributed by atoms with van der Waals surface area (Å²) in [5.41, 5.74) is 4.21. The van der Waals surface area contributed by atoms with Crippen molar-refractivity contribution < 1.29 is 0 Å². The molecule has 1 heterocycles. The lowest BCUT2D eigenvalue weighted by Crippen LogP contribution is -2.20. The molecular weight excluding hydrogens is 286 g/mol. The SMILES string of the molecule is CNCCc1ccc(-c2ccc3nc(C)n(C)c(=O)c3c2)cc1. The second-order valence-corrected chi connectivity index (χ2v) is 5.81. The quantitative estimate of drug-likeness (QED) is 0.806. The van der Waals surface area contributed by atoms with Crippen LogP contribution in [0.15, 0.2) is 47.3 Å². The smallest absolute Gasteiger partial charge is 0.261 e. The van der Waals surface area contributed by atoms with Gasteiger partial charge in [0.2, 0.25) is 0 Å². The number of likely N-dealkylation sites (N-methyl/N-ethyl adjacent to an activating group) is 1. The fraction of sp³-hybridized carbons (Fsp3) is 0.263. The summed E-state index contributed by atoms with van der Waals surface area (Å²) >= 11 is 0. The van der Waals surface area contributed by atoms with E-state index in [1.165, 1.54) is 5.56 Å². The van der Waals surface area contributed by atoms with Crippen LogP contribution >= 0.6 is 0 Å². The van der Waals surface area contributed by atoms with Crippen molar-refractivity contribution in [2.45, 2.75) is 13.3 Å². The summed E-state index contributed by atoms with van der Waals surface area (Å²) in [5.74, 6) is 0.726. The van der Waals surface area contributed by atoms with Gasteiger partial charge in [0, 0.05) is 7.05 Å². The second kappa shape index (κ2) is 6.34. The fourth-order valence-corrected chi connectivity index (χ4v) is 2.69. The van der Waals surface area contributed by atoms with Crippen molar-refractivity contribution in [2.75, 3.05) is 13.6 Å². The summed E-state index contributed by atoms with van der Waals surface area (Å²) in [6.07, 6.45) is 1.01. The summed E-state index contributed by atoms with van der Waals surface area (Å²) < 4.78 is 1.59. The molecule has 0 radical (unpaired) electrons. The van der Waals surface area contributed by atoms with E-state index in [-0.39, 0.29) is 5.56 Å². The van der Waals surface area contributed by atoms with Crippen LogP contribution in [-0.2, 0) is 13.5 Å². The molecule has 3 rings (SSSR count). The van der Waals surface area contributed by atoms with Crippen molar-refractivity contribution in [2.24, 2.45) is 7.05 Å². The van der Waals surface area contributed by atoms with Gasteiger partial charge < -0.3 is 5.32 Å². The summed E-state index contributed by atoms with van der Waals surface area (Å²) in [5, 5.41) is 3.82. The molecule has 1 aromatic heterocycles. The van der Waals surface area contributed by atoms with Crippen molar-refractivity contribution in [1.82, 2.24) is 14.9 Å². The summed E-state index contributed by atoms with van der Waals surface area (Å²) in [6, 6.07) is 14.4. The number of nitrogens with one attached hydrogen (secondary N) is 1. The molecule has 0 aliphatic rings. The average molecular weight is 307 g/mol. The van der Waals surface area contributed by atoms with Crippen molar-refractivity contribution in [3.05, 3.63) is 64.2 Å². The van der Waals surface area contributed by atoms with Gasteiger partial charge in [0.1, 0.15) is 5.82 Å². The van der Waals surface area contributed by atoms with Crippen LogP contribution in [0.1, 0.15) is 11.4 Å². The van der Waals surface area contributed by atoms with Gasteiger partial charge in [-0.05, 0) is 55.8 Å². The van der Waals surface area contributed by atoms with Crippen LogP contribution in [0, 0.1) is 6.92 Å². The molecule has 0 saturated carbocycles. The number of aryl methyl sites for hydroxylation is 1. The van der Waals surface area contributed by atoms with Gasteiger partial charge in [-0.3, -0.25) is 9.36 Å². The van der Waals surface area contributed by atoms with Gasteiger partial charge in [-0.25, -0.2) is 4.98 Å². The minimum atomic E-state index is -0.00000896. The first-order valence-electron chi connectivity index (χ1n) is 7.81. The zero-order valence-electron chi connectivity index (χ0n) is 13.8. The van der Waals surface area contributed by atoms with E-state index < -0.39 is 0 Å². The lowest BCUT2D eigenvalue weighted by atomic mass is 10.0. The Balaban J connectivity index is 2.02. The molecule has 4 nitrogen and oxygen atoms in total. The Kier molecular flexibility index (Phi) is 4.26. The van der Waals surface area contributed by atoms with Gasteiger partial charge in [0.25, 0.3) is 5.56 Å². The Morgan fingerprint density at radius 3 is 2.48 bits per heavy atom. The summed E-state index contributed by atoms with van der Waals surface area (Å²) in [7, 11) is 3.72. The molecule has 0 atom stereocenters. The molecule has 1 N–H and O–H groups in total. The fourth-order valence-electron chi connectivity index (χ4n) is 2.69. The second-order valence-electron chi connectivity index (χ2n) is 5.81. The van der Waals surface area contributed by atoms with Gasteiger partial charge in [-0.15, -0.1) is 0 Å². The highest BCUT2D eigenvalue weighted by Gasteiger charge is 2.07.